The molecule has 2 rings (SSSR count). The van der Waals surface area contributed by atoms with Gasteiger partial charge in [0.15, 0.2) is 0 Å². The van der Waals surface area contributed by atoms with Crippen LogP contribution in [-0.2, 0) is 0 Å². The highest BCUT2D eigenvalue weighted by Gasteiger charge is 2.22. The molecule has 4 heteroatoms. The summed E-state index contributed by atoms with van der Waals surface area (Å²) in [5, 5.41) is 11.0. The van der Waals surface area contributed by atoms with Crippen molar-refractivity contribution < 1.29 is 4.92 Å². The molecule has 0 saturated carbocycles. The lowest BCUT2D eigenvalue weighted by atomic mass is 9.91. The van der Waals surface area contributed by atoms with E-state index in [9.17, 15) is 10.1 Å². The average molecular weight is 280 g/mol. The Bertz CT molecular complexity index is 480. The fourth-order valence-electron chi connectivity index (χ4n) is 1.85. The average Bonchev–Trinajstić information content (AvgIpc) is 2.29. The van der Waals surface area contributed by atoms with Gasteiger partial charge in [0.1, 0.15) is 0 Å². The molecule has 0 saturated heterocycles. The minimum absolute atomic E-state index is 0.0842. The Labute approximate surface area is 102 Å². The fraction of sp³-hybridized carbons (Fsp3) is 0.167. The van der Waals surface area contributed by atoms with Gasteiger partial charge in [0.25, 0.3) is 5.69 Å². The zero-order chi connectivity index (χ0) is 11.5. The second-order valence-corrected chi connectivity index (χ2v) is 4.44. The molecule has 0 spiro atoms. The number of nitrogens with zero attached hydrogens (tertiary/aromatic N) is 1. The zero-order valence-corrected chi connectivity index (χ0v) is 10.1. The predicted octanol–water partition coefficient (Wildman–Crippen LogP) is 3.96. The summed E-state index contributed by atoms with van der Waals surface area (Å²) >= 11 is 3.39. The van der Waals surface area contributed by atoms with Crippen LogP contribution in [0.1, 0.15) is 17.9 Å². The lowest BCUT2D eigenvalue weighted by Gasteiger charge is -2.15. The lowest BCUT2D eigenvalue weighted by Crippen LogP contribution is -2.02. The summed E-state index contributed by atoms with van der Waals surface area (Å²) in [5.41, 5.74) is 0.937. The van der Waals surface area contributed by atoms with Crippen molar-refractivity contribution in [1.82, 2.24) is 0 Å². The van der Waals surface area contributed by atoms with E-state index in [2.05, 4.69) is 15.9 Å². The van der Waals surface area contributed by atoms with Crippen LogP contribution in [0, 0.1) is 10.1 Å². The second kappa shape index (κ2) is 4.61. The van der Waals surface area contributed by atoms with Gasteiger partial charge in [-0.25, -0.2) is 0 Å². The van der Waals surface area contributed by atoms with Crippen LogP contribution in [0.4, 0.5) is 5.69 Å². The van der Waals surface area contributed by atoms with Gasteiger partial charge in [-0.05, 0) is 12.5 Å². The van der Waals surface area contributed by atoms with E-state index < -0.39 is 0 Å². The topological polar surface area (TPSA) is 43.1 Å². The van der Waals surface area contributed by atoms with Gasteiger partial charge in [-0.15, -0.1) is 0 Å². The predicted molar refractivity (Wildman–Crippen MR) is 66.4 cm³/mol. The monoisotopic (exact) mass is 279 g/mol. The quantitative estimate of drug-likeness (QED) is 0.608. The zero-order valence-electron chi connectivity index (χ0n) is 8.47. The van der Waals surface area contributed by atoms with Gasteiger partial charge in [0.05, 0.1) is 10.5 Å². The van der Waals surface area contributed by atoms with Gasteiger partial charge >= 0.3 is 0 Å². The van der Waals surface area contributed by atoms with Crippen LogP contribution in [0.15, 0.2) is 47.0 Å². The van der Waals surface area contributed by atoms with E-state index in [0.717, 1.165) is 16.5 Å². The Morgan fingerprint density at radius 2 is 2.19 bits per heavy atom. The van der Waals surface area contributed by atoms with E-state index in [-0.39, 0.29) is 16.5 Å². The normalized spacial score (nSPS) is 18.7. The molecule has 0 bridgehead atoms. The first-order valence-corrected chi connectivity index (χ1v) is 5.75. The Balaban J connectivity index is 2.49. The molecule has 1 aliphatic carbocycles. The summed E-state index contributed by atoms with van der Waals surface area (Å²) in [5.74, 6) is 0.0842. The maximum Gasteiger partial charge on any atom is 0.274 e. The standard InChI is InChI=1S/C12H10BrNO2/c13-10-7-4-8-11(14(15)16)12(10)9-5-2-1-3-6-9/h1-5,7-9H,6H2. The Morgan fingerprint density at radius 3 is 2.81 bits per heavy atom. The molecule has 1 aromatic carbocycles. The summed E-state index contributed by atoms with van der Waals surface area (Å²) in [6, 6.07) is 5.08. The van der Waals surface area contributed by atoms with Crippen molar-refractivity contribution in [3.05, 3.63) is 62.7 Å². The summed E-state index contributed by atoms with van der Waals surface area (Å²) in [6.45, 7) is 0. The van der Waals surface area contributed by atoms with Crippen molar-refractivity contribution in [3.63, 3.8) is 0 Å². The fourth-order valence-corrected chi connectivity index (χ4v) is 2.50. The molecule has 0 aliphatic heterocycles. The summed E-state index contributed by atoms with van der Waals surface area (Å²) in [7, 11) is 0. The Kier molecular flexibility index (Phi) is 3.19. The number of rotatable bonds is 2. The molecular formula is C12H10BrNO2. The third-order valence-electron chi connectivity index (χ3n) is 2.58. The van der Waals surface area contributed by atoms with E-state index in [1.54, 1.807) is 12.1 Å². The van der Waals surface area contributed by atoms with Crippen LogP contribution in [0.25, 0.3) is 0 Å². The minimum Gasteiger partial charge on any atom is -0.258 e. The van der Waals surface area contributed by atoms with Crippen LogP contribution < -0.4 is 0 Å². The first kappa shape index (κ1) is 11.1. The maximum atomic E-state index is 11.0. The number of nitro groups is 1. The highest BCUT2D eigenvalue weighted by Crippen LogP contribution is 2.37. The number of benzene rings is 1. The van der Waals surface area contributed by atoms with Crippen molar-refractivity contribution in [3.8, 4) is 0 Å². The smallest absolute Gasteiger partial charge is 0.258 e. The van der Waals surface area contributed by atoms with Crippen LogP contribution in [0.3, 0.4) is 0 Å². The third kappa shape index (κ3) is 2.07. The number of allylic oxidation sites excluding steroid dienone is 4. The van der Waals surface area contributed by atoms with Crippen LogP contribution in [-0.4, -0.2) is 4.92 Å². The van der Waals surface area contributed by atoms with E-state index in [0.29, 0.717) is 0 Å². The van der Waals surface area contributed by atoms with Gasteiger partial charge in [-0.1, -0.05) is 46.3 Å². The van der Waals surface area contributed by atoms with Crippen molar-refractivity contribution >= 4 is 21.6 Å². The van der Waals surface area contributed by atoms with E-state index in [4.69, 9.17) is 0 Å². The minimum atomic E-state index is -0.327. The molecule has 0 heterocycles. The van der Waals surface area contributed by atoms with E-state index in [1.165, 1.54) is 0 Å². The highest BCUT2D eigenvalue weighted by molar-refractivity contribution is 9.10. The molecule has 16 heavy (non-hydrogen) atoms. The van der Waals surface area contributed by atoms with Crippen LogP contribution in [0.2, 0.25) is 0 Å². The number of hydrogen-bond donors (Lipinski definition) is 0. The molecule has 0 aromatic heterocycles. The largest absolute Gasteiger partial charge is 0.274 e. The molecule has 0 radical (unpaired) electrons. The molecule has 1 aliphatic rings. The van der Waals surface area contributed by atoms with Crippen LogP contribution in [0.5, 0.6) is 0 Å². The van der Waals surface area contributed by atoms with Gasteiger partial charge in [0.2, 0.25) is 0 Å². The molecular weight excluding hydrogens is 270 g/mol. The first-order chi connectivity index (χ1) is 7.70. The SMILES string of the molecule is O=[N+]([O-])c1cccc(Br)c1C1C=CC=CC1. The van der Waals surface area contributed by atoms with Gasteiger partial charge < -0.3 is 0 Å². The number of hydrogen-bond acceptors (Lipinski definition) is 2. The molecule has 0 N–H and O–H groups in total. The summed E-state index contributed by atoms with van der Waals surface area (Å²) in [4.78, 5) is 10.6. The van der Waals surface area contributed by atoms with Crippen molar-refractivity contribution in [2.75, 3.05) is 0 Å². The molecule has 1 aromatic rings. The molecule has 0 amide bonds. The van der Waals surface area contributed by atoms with E-state index in [1.807, 2.05) is 30.4 Å². The van der Waals surface area contributed by atoms with Crippen LogP contribution >= 0.6 is 15.9 Å². The number of nitro benzene ring substituents is 1. The molecule has 1 atom stereocenters. The lowest BCUT2D eigenvalue weighted by molar-refractivity contribution is -0.385. The van der Waals surface area contributed by atoms with Crippen molar-refractivity contribution in [1.29, 1.82) is 0 Å². The summed E-state index contributed by atoms with van der Waals surface area (Å²) < 4.78 is 0.798. The van der Waals surface area contributed by atoms with Crippen molar-refractivity contribution in [2.24, 2.45) is 0 Å². The number of halogens is 1. The molecule has 3 nitrogen and oxygen atoms in total. The summed E-state index contributed by atoms with van der Waals surface area (Å²) in [6.07, 6.45) is 8.71. The Hall–Kier alpha value is -1.42. The van der Waals surface area contributed by atoms with Crippen molar-refractivity contribution in [2.45, 2.75) is 12.3 Å². The Morgan fingerprint density at radius 1 is 1.38 bits per heavy atom. The molecule has 1 unspecified atom stereocenters. The van der Waals surface area contributed by atoms with E-state index >= 15 is 0 Å². The van der Waals surface area contributed by atoms with Gasteiger partial charge in [0, 0.05) is 16.5 Å². The van der Waals surface area contributed by atoms with Gasteiger partial charge in [-0.2, -0.15) is 0 Å². The maximum absolute atomic E-state index is 11.0. The molecule has 0 fully saturated rings. The molecule has 82 valence electrons. The second-order valence-electron chi connectivity index (χ2n) is 3.58. The first-order valence-electron chi connectivity index (χ1n) is 4.96. The highest BCUT2D eigenvalue weighted by atomic mass is 79.9. The third-order valence-corrected chi connectivity index (χ3v) is 3.27. The van der Waals surface area contributed by atoms with Gasteiger partial charge in [-0.3, -0.25) is 10.1 Å².